The predicted octanol–water partition coefficient (Wildman–Crippen LogP) is 4.21. The van der Waals surface area contributed by atoms with Gasteiger partial charge in [-0.25, -0.2) is 8.42 Å². The third kappa shape index (κ3) is 3.61. The fourth-order valence-electron chi connectivity index (χ4n) is 1.51. The molecule has 1 heterocycles. The van der Waals surface area contributed by atoms with Gasteiger partial charge in [-0.05, 0) is 24.3 Å². The number of hydrogen-bond acceptors (Lipinski definition) is 3. The van der Waals surface area contributed by atoms with E-state index in [4.69, 9.17) is 10.7 Å². The highest BCUT2D eigenvalue weighted by molar-refractivity contribution is 8.14. The van der Waals surface area contributed by atoms with E-state index in [1.165, 1.54) is 18.3 Å². The third-order valence-corrected chi connectivity index (χ3v) is 3.63. The summed E-state index contributed by atoms with van der Waals surface area (Å²) in [6.07, 6.45) is -3.39. The number of pyridine rings is 1. The average molecular weight is 326 g/mol. The van der Waals surface area contributed by atoms with Gasteiger partial charge in [-0.2, -0.15) is 13.2 Å². The lowest BCUT2D eigenvalue weighted by molar-refractivity contribution is -0.137. The van der Waals surface area contributed by atoms with Crippen LogP contribution in [-0.4, -0.2) is 13.4 Å². The van der Waals surface area contributed by atoms with Crippen LogP contribution in [0.5, 0.6) is 0 Å². The number of aromatic nitrogens is 1. The maximum atomic E-state index is 12.6. The van der Waals surface area contributed by atoms with Gasteiger partial charge < -0.3 is 0 Å². The van der Waals surface area contributed by atoms with Gasteiger partial charge in [0.1, 0.15) is 0 Å². The van der Waals surface area contributed by atoms with E-state index in [1.807, 2.05) is 13.8 Å². The van der Waals surface area contributed by atoms with Gasteiger partial charge in [-0.1, -0.05) is 13.8 Å². The van der Waals surface area contributed by atoms with Crippen LogP contribution in [0.15, 0.2) is 35.4 Å². The van der Waals surface area contributed by atoms with Crippen LogP contribution in [0.1, 0.15) is 19.4 Å². The van der Waals surface area contributed by atoms with Gasteiger partial charge in [0, 0.05) is 22.3 Å². The molecular formula is C12H11ClF3NO2S. The van der Waals surface area contributed by atoms with Crippen molar-refractivity contribution in [3.8, 4) is 0 Å². The van der Waals surface area contributed by atoms with Gasteiger partial charge >= 0.3 is 6.18 Å². The minimum atomic E-state index is -4.66. The number of rotatable bonds is 1. The van der Waals surface area contributed by atoms with Crippen LogP contribution < -0.4 is 0 Å². The summed E-state index contributed by atoms with van der Waals surface area (Å²) in [5, 5.41) is 0.0560. The molecule has 0 spiro atoms. The fraction of sp³-hybridized carbons (Fsp3) is 0.250. The Hall–Kier alpha value is -1.34. The standard InChI is InChI=1S/C10H5ClF3NO2S.C2H6/c11-18(16,17)9-5-6(10(12,13)14)4-8-7(9)2-1-3-15-8;1-2/h1-5H;1-2H3. The van der Waals surface area contributed by atoms with Crippen molar-refractivity contribution in [2.75, 3.05) is 0 Å². The quantitative estimate of drug-likeness (QED) is 0.738. The summed E-state index contributed by atoms with van der Waals surface area (Å²) in [4.78, 5) is 3.11. The predicted molar refractivity (Wildman–Crippen MR) is 71.1 cm³/mol. The van der Waals surface area contributed by atoms with Gasteiger partial charge in [-0.15, -0.1) is 0 Å². The molecule has 0 saturated carbocycles. The largest absolute Gasteiger partial charge is 0.416 e. The maximum absolute atomic E-state index is 12.6. The van der Waals surface area contributed by atoms with Crippen molar-refractivity contribution in [1.82, 2.24) is 4.98 Å². The Morgan fingerprint density at radius 2 is 1.80 bits per heavy atom. The van der Waals surface area contributed by atoms with Gasteiger partial charge in [0.15, 0.2) is 0 Å². The Kier molecular flexibility index (Phi) is 4.99. The molecule has 110 valence electrons. The lowest BCUT2D eigenvalue weighted by Gasteiger charge is -2.10. The minimum absolute atomic E-state index is 0.0560. The first kappa shape index (κ1) is 16.7. The zero-order valence-electron chi connectivity index (χ0n) is 10.6. The van der Waals surface area contributed by atoms with Gasteiger partial charge in [0.25, 0.3) is 9.05 Å². The molecule has 0 aliphatic rings. The van der Waals surface area contributed by atoms with Crippen molar-refractivity contribution < 1.29 is 21.6 Å². The van der Waals surface area contributed by atoms with Crippen LogP contribution in [-0.2, 0) is 15.2 Å². The van der Waals surface area contributed by atoms with Crippen LogP contribution >= 0.6 is 10.7 Å². The Morgan fingerprint density at radius 3 is 2.30 bits per heavy atom. The number of alkyl halides is 3. The van der Waals surface area contributed by atoms with Crippen molar-refractivity contribution >= 4 is 30.6 Å². The Labute approximate surface area is 118 Å². The minimum Gasteiger partial charge on any atom is -0.256 e. The zero-order chi connectivity index (χ0) is 15.6. The van der Waals surface area contributed by atoms with Gasteiger partial charge in [0.2, 0.25) is 0 Å². The topological polar surface area (TPSA) is 47.0 Å². The highest BCUT2D eigenvalue weighted by Crippen LogP contribution is 2.35. The molecule has 0 amide bonds. The first-order valence-corrected chi connectivity index (χ1v) is 7.91. The Balaban J connectivity index is 0.000000956. The van der Waals surface area contributed by atoms with E-state index in [1.54, 1.807) is 0 Å². The van der Waals surface area contributed by atoms with E-state index in [0.717, 1.165) is 6.07 Å². The molecule has 1 aromatic heterocycles. The fourth-order valence-corrected chi connectivity index (χ4v) is 2.60. The van der Waals surface area contributed by atoms with Crippen LogP contribution in [0.2, 0.25) is 0 Å². The van der Waals surface area contributed by atoms with Crippen LogP contribution in [0.4, 0.5) is 13.2 Å². The Morgan fingerprint density at radius 1 is 1.20 bits per heavy atom. The molecule has 20 heavy (non-hydrogen) atoms. The van der Waals surface area contributed by atoms with Crippen molar-refractivity contribution in [2.24, 2.45) is 0 Å². The van der Waals surface area contributed by atoms with Crippen molar-refractivity contribution in [3.63, 3.8) is 0 Å². The Bertz CT molecular complexity index is 714. The number of fused-ring (bicyclic) bond motifs is 1. The lowest BCUT2D eigenvalue weighted by atomic mass is 10.1. The molecule has 0 N–H and O–H groups in total. The molecule has 1 aromatic carbocycles. The van der Waals surface area contributed by atoms with Crippen LogP contribution in [0.3, 0.4) is 0 Å². The highest BCUT2D eigenvalue weighted by atomic mass is 35.7. The van der Waals surface area contributed by atoms with E-state index in [0.29, 0.717) is 6.07 Å². The third-order valence-electron chi connectivity index (χ3n) is 2.27. The SMILES string of the molecule is CC.O=S(=O)(Cl)c1cc(C(F)(F)F)cc2ncccc12. The molecule has 0 saturated heterocycles. The van der Waals surface area contributed by atoms with E-state index in [2.05, 4.69) is 4.98 Å². The van der Waals surface area contributed by atoms with E-state index >= 15 is 0 Å². The zero-order valence-corrected chi connectivity index (χ0v) is 12.1. The molecule has 8 heteroatoms. The monoisotopic (exact) mass is 325 g/mol. The summed E-state index contributed by atoms with van der Waals surface area (Å²) in [6.45, 7) is 4.00. The van der Waals surface area contributed by atoms with Crippen LogP contribution in [0.25, 0.3) is 10.9 Å². The lowest BCUT2D eigenvalue weighted by Crippen LogP contribution is -2.07. The number of hydrogen-bond donors (Lipinski definition) is 0. The summed E-state index contributed by atoms with van der Waals surface area (Å²) >= 11 is 0. The molecule has 0 aliphatic heterocycles. The number of nitrogens with zero attached hydrogens (tertiary/aromatic N) is 1. The number of halogens is 4. The van der Waals surface area contributed by atoms with Crippen LogP contribution in [0, 0.1) is 0 Å². The molecule has 0 unspecified atom stereocenters. The summed E-state index contributed by atoms with van der Waals surface area (Å²) in [5.41, 5.74) is -1.18. The average Bonchev–Trinajstić information content (AvgIpc) is 2.37. The second-order valence-electron chi connectivity index (χ2n) is 3.48. The first-order valence-electron chi connectivity index (χ1n) is 5.60. The highest BCUT2D eigenvalue weighted by Gasteiger charge is 2.33. The molecule has 0 aliphatic carbocycles. The van der Waals surface area contributed by atoms with Crippen molar-refractivity contribution in [2.45, 2.75) is 24.9 Å². The molecule has 0 atom stereocenters. The van der Waals surface area contributed by atoms with E-state index < -0.39 is 25.7 Å². The number of benzene rings is 1. The van der Waals surface area contributed by atoms with Gasteiger partial charge in [-0.3, -0.25) is 4.98 Å². The maximum Gasteiger partial charge on any atom is 0.416 e. The van der Waals surface area contributed by atoms with E-state index in [-0.39, 0.29) is 10.9 Å². The summed E-state index contributed by atoms with van der Waals surface area (Å²) in [6, 6.07) is 4.05. The van der Waals surface area contributed by atoms with Crippen molar-refractivity contribution in [1.29, 1.82) is 0 Å². The smallest absolute Gasteiger partial charge is 0.256 e. The molecule has 0 fully saturated rings. The molecule has 3 nitrogen and oxygen atoms in total. The summed E-state index contributed by atoms with van der Waals surface area (Å²) in [7, 11) is 0.857. The van der Waals surface area contributed by atoms with Gasteiger partial charge in [0.05, 0.1) is 16.0 Å². The molecule has 0 bridgehead atoms. The second kappa shape index (κ2) is 5.97. The second-order valence-corrected chi connectivity index (χ2v) is 6.01. The molecule has 2 aromatic rings. The molecular weight excluding hydrogens is 315 g/mol. The molecule has 0 radical (unpaired) electrons. The molecule has 2 rings (SSSR count). The normalized spacial score (nSPS) is 11.9. The van der Waals surface area contributed by atoms with Crippen molar-refractivity contribution in [3.05, 3.63) is 36.0 Å². The summed E-state index contributed by atoms with van der Waals surface area (Å²) in [5.74, 6) is 0. The van der Waals surface area contributed by atoms with E-state index in [9.17, 15) is 21.6 Å². The first-order chi connectivity index (χ1) is 9.19. The summed E-state index contributed by atoms with van der Waals surface area (Å²) < 4.78 is 60.4.